The van der Waals surface area contributed by atoms with Gasteiger partial charge in [0.25, 0.3) is 6.71 Å². The molecule has 0 saturated carbocycles. The van der Waals surface area contributed by atoms with E-state index < -0.39 is 8.07 Å². The Morgan fingerprint density at radius 3 is 2.24 bits per heavy atom. The second-order valence-corrected chi connectivity index (χ2v) is 20.2. The largest absolute Gasteiger partial charge is 0.458 e. The molecule has 12 rings (SSSR count). The number of nitrogens with zero attached hydrogens (tertiary/aromatic N) is 1. The average Bonchev–Trinajstić information content (AvgIpc) is 3.68. The monoisotopic (exact) mass is 669 g/mol. The number of anilines is 3. The van der Waals surface area contributed by atoms with Crippen LogP contribution in [0.15, 0.2) is 140 Å². The van der Waals surface area contributed by atoms with Gasteiger partial charge in [-0.25, -0.2) is 0 Å². The van der Waals surface area contributed by atoms with Crippen molar-refractivity contribution in [2.24, 2.45) is 0 Å². The zero-order valence-corrected chi connectivity index (χ0v) is 29.5. The summed E-state index contributed by atoms with van der Waals surface area (Å²) in [5.74, 6) is 2.00. The molecule has 4 aliphatic rings. The summed E-state index contributed by atoms with van der Waals surface area (Å²) in [5, 5.41) is 8.42. The third kappa shape index (κ3) is 3.36. The molecule has 0 radical (unpaired) electrons. The minimum atomic E-state index is -2.04. The molecule has 7 aromatic carbocycles. The molecule has 0 fully saturated rings. The number of fused-ring (bicyclic) bond motifs is 12. The first-order chi connectivity index (χ1) is 24.6. The van der Waals surface area contributed by atoms with Crippen molar-refractivity contribution in [1.29, 1.82) is 0 Å². The van der Waals surface area contributed by atoms with Crippen LogP contribution in [-0.2, 0) is 0 Å². The van der Waals surface area contributed by atoms with Gasteiger partial charge < -0.3 is 9.64 Å². The minimum Gasteiger partial charge on any atom is -0.458 e. The maximum absolute atomic E-state index is 6.58. The van der Waals surface area contributed by atoms with E-state index in [1.165, 1.54) is 86.3 Å². The molecule has 6 heteroatoms. The number of para-hydroxylation sites is 2. The van der Waals surface area contributed by atoms with Gasteiger partial charge >= 0.3 is 0 Å². The van der Waals surface area contributed by atoms with Gasteiger partial charge in [-0.2, -0.15) is 0 Å². The minimum absolute atomic E-state index is 0.171. The van der Waals surface area contributed by atoms with E-state index in [9.17, 15) is 0 Å². The summed E-state index contributed by atoms with van der Waals surface area (Å²) in [6.07, 6.45) is 0. The third-order valence-corrected chi connectivity index (χ3v) is 16.7. The lowest BCUT2D eigenvalue weighted by atomic mass is 9.35. The van der Waals surface area contributed by atoms with E-state index in [-0.39, 0.29) is 13.4 Å². The highest BCUT2D eigenvalue weighted by Crippen LogP contribution is 2.45. The van der Waals surface area contributed by atoms with Gasteiger partial charge in [0.1, 0.15) is 19.6 Å². The van der Waals surface area contributed by atoms with Crippen molar-refractivity contribution in [1.82, 2.24) is 0 Å². The quantitative estimate of drug-likeness (QED) is 0.196. The number of ether oxygens (including phenoxy) is 1. The van der Waals surface area contributed by atoms with Gasteiger partial charge in [0.05, 0.1) is 5.00 Å². The first-order valence-electron chi connectivity index (χ1n) is 17.6. The van der Waals surface area contributed by atoms with Gasteiger partial charge in [-0.3, -0.25) is 0 Å². The van der Waals surface area contributed by atoms with Crippen LogP contribution in [0.2, 0.25) is 13.1 Å². The molecule has 0 atom stereocenters. The average molecular weight is 669 g/mol. The lowest BCUT2D eigenvalue weighted by molar-refractivity contribution is 0.488. The van der Waals surface area contributed by atoms with E-state index in [0.29, 0.717) is 0 Å². The molecule has 232 valence electrons. The summed E-state index contributed by atoms with van der Waals surface area (Å²) in [6, 6.07) is 52.5. The molecule has 4 aliphatic heterocycles. The lowest BCUT2D eigenvalue weighted by Crippen LogP contribution is -2.77. The van der Waals surface area contributed by atoms with Crippen LogP contribution in [0.4, 0.5) is 16.4 Å². The van der Waals surface area contributed by atoms with Crippen LogP contribution in [0.3, 0.4) is 0 Å². The van der Waals surface area contributed by atoms with Gasteiger partial charge in [-0.15, -0.1) is 11.3 Å². The first-order valence-corrected chi connectivity index (χ1v) is 21.4. The molecule has 0 unspecified atom stereocenters. The van der Waals surface area contributed by atoms with Crippen LogP contribution in [0.5, 0.6) is 11.5 Å². The fraction of sp³-hybridized carbons (Fsp3) is 0.0455. The smallest absolute Gasteiger partial charge is 0.250 e. The molecule has 0 bridgehead atoms. The van der Waals surface area contributed by atoms with Crippen LogP contribution in [0, 0.1) is 0 Å². The number of hydrogen-bond donors (Lipinski definition) is 0. The summed E-state index contributed by atoms with van der Waals surface area (Å²) in [6.45, 7) is 5.41. The molecular weight excluding hydrogens is 640 g/mol. The molecule has 8 aromatic rings. The zero-order chi connectivity index (χ0) is 32.9. The summed E-state index contributed by atoms with van der Waals surface area (Å²) in [4.78, 5) is 2.52. The van der Waals surface area contributed by atoms with Crippen molar-refractivity contribution in [3.8, 4) is 22.6 Å². The van der Waals surface area contributed by atoms with Crippen LogP contribution in [0.1, 0.15) is 0 Å². The SMILES string of the molecule is C[Si]1(C)c2cc3cc4c(cc3cc2B2c3ccccc3Oc3cccc1c32)B1c2c-4cccc2N(c2ccccc2)c2sc3ccccc3c21. The number of hydrogen-bond acceptors (Lipinski definition) is 3. The summed E-state index contributed by atoms with van der Waals surface area (Å²) in [7, 11) is -2.04. The summed E-state index contributed by atoms with van der Waals surface area (Å²) < 4.78 is 7.93. The van der Waals surface area contributed by atoms with Crippen LogP contribution in [0.25, 0.3) is 32.0 Å². The maximum atomic E-state index is 6.58. The summed E-state index contributed by atoms with van der Waals surface area (Å²) in [5.41, 5.74) is 13.7. The standard InChI is InChI=1S/C44H29B2NOSSi/c1-50(2)39-21-11-19-37-43(39)45(32-16-7-8-18-36(32)48-37)34-24-27-23-33-31(22-26(27)25-40(34)50)29-15-10-17-35-41(29)46(33)42-30-14-6-9-20-38(30)49-44(42)47(35)28-12-4-3-5-13-28/h3-25H,1-2H3. The van der Waals surface area contributed by atoms with E-state index in [4.69, 9.17) is 4.74 Å². The molecule has 1 aromatic heterocycles. The molecule has 2 nitrogen and oxygen atoms in total. The second kappa shape index (κ2) is 9.48. The van der Waals surface area contributed by atoms with Gasteiger partial charge in [-0.1, -0.05) is 131 Å². The Bertz CT molecular complexity index is 2810. The van der Waals surface area contributed by atoms with Crippen LogP contribution >= 0.6 is 11.3 Å². The Hall–Kier alpha value is -5.29. The fourth-order valence-electron chi connectivity index (χ4n) is 9.85. The Kier molecular flexibility index (Phi) is 5.22. The summed E-state index contributed by atoms with van der Waals surface area (Å²) >= 11 is 1.92. The lowest BCUT2D eigenvalue weighted by Gasteiger charge is -2.40. The normalized spacial score (nSPS) is 15.2. The maximum Gasteiger partial charge on any atom is 0.250 e. The molecule has 0 amide bonds. The molecule has 0 N–H and O–H groups in total. The second-order valence-electron chi connectivity index (χ2n) is 14.8. The first kappa shape index (κ1) is 27.5. The molecule has 0 saturated heterocycles. The number of rotatable bonds is 1. The number of thiophene rings is 1. The fourth-order valence-corrected chi connectivity index (χ4v) is 14.3. The van der Waals surface area contributed by atoms with Gasteiger partial charge in [0.2, 0.25) is 6.71 Å². The highest BCUT2D eigenvalue weighted by molar-refractivity contribution is 7.26. The predicted molar refractivity (Wildman–Crippen MR) is 218 cm³/mol. The van der Waals surface area contributed by atoms with Crippen LogP contribution in [-0.4, -0.2) is 21.5 Å². The Morgan fingerprint density at radius 2 is 1.32 bits per heavy atom. The van der Waals surface area contributed by atoms with E-state index in [1.54, 1.807) is 5.19 Å². The zero-order valence-electron chi connectivity index (χ0n) is 27.7. The molecule has 50 heavy (non-hydrogen) atoms. The van der Waals surface area contributed by atoms with Crippen LogP contribution < -0.4 is 52.8 Å². The van der Waals surface area contributed by atoms with Crippen molar-refractivity contribution in [2.45, 2.75) is 13.1 Å². The van der Waals surface area contributed by atoms with Gasteiger partial charge in [0.15, 0.2) is 0 Å². The van der Waals surface area contributed by atoms with E-state index in [1.807, 2.05) is 11.3 Å². The number of benzene rings is 7. The molecular formula is C44H29B2NOSSi. The Morgan fingerprint density at radius 1 is 0.560 bits per heavy atom. The van der Waals surface area contributed by atoms with Crippen molar-refractivity contribution < 1.29 is 4.74 Å². The van der Waals surface area contributed by atoms with E-state index in [0.717, 1.165) is 11.5 Å². The van der Waals surface area contributed by atoms with E-state index in [2.05, 4.69) is 158 Å². The van der Waals surface area contributed by atoms with Gasteiger partial charge in [0, 0.05) is 16.1 Å². The third-order valence-electron chi connectivity index (χ3n) is 12.0. The van der Waals surface area contributed by atoms with Gasteiger partial charge in [-0.05, 0) is 91.6 Å². The highest BCUT2D eigenvalue weighted by Gasteiger charge is 2.47. The molecule has 5 heterocycles. The van der Waals surface area contributed by atoms with Crippen molar-refractivity contribution in [2.75, 3.05) is 4.90 Å². The molecule has 0 aliphatic carbocycles. The Balaban J connectivity index is 1.14. The highest BCUT2D eigenvalue weighted by atomic mass is 32.1. The van der Waals surface area contributed by atoms with Crippen molar-refractivity contribution >= 4 is 113 Å². The Labute approximate surface area is 296 Å². The van der Waals surface area contributed by atoms with Crippen molar-refractivity contribution in [3.05, 3.63) is 140 Å². The van der Waals surface area contributed by atoms with Crippen molar-refractivity contribution in [3.63, 3.8) is 0 Å². The molecule has 0 spiro atoms. The predicted octanol–water partition coefficient (Wildman–Crippen LogP) is 6.09. The van der Waals surface area contributed by atoms with E-state index >= 15 is 0 Å². The topological polar surface area (TPSA) is 12.5 Å².